The lowest BCUT2D eigenvalue weighted by Gasteiger charge is -2.13. The Morgan fingerprint density at radius 1 is 1.35 bits per heavy atom. The zero-order valence-corrected chi connectivity index (χ0v) is 9.78. The number of benzene rings is 1. The number of hydrogen-bond acceptors (Lipinski definition) is 3. The van der Waals surface area contributed by atoms with Crippen LogP contribution >= 0.6 is 12.2 Å². The Hall–Kier alpha value is -1.76. The average Bonchev–Trinajstić information content (AvgIpc) is 2.24. The van der Waals surface area contributed by atoms with E-state index >= 15 is 0 Å². The summed E-state index contributed by atoms with van der Waals surface area (Å²) < 4.78 is 27.0. The van der Waals surface area contributed by atoms with Crippen molar-refractivity contribution < 1.29 is 13.6 Å². The number of amides is 1. The summed E-state index contributed by atoms with van der Waals surface area (Å²) in [5.41, 5.74) is 9.85. The predicted octanol–water partition coefficient (Wildman–Crippen LogP) is 0.885. The number of halogens is 2. The number of nitrogens with two attached hydrogens (primary N) is 2. The van der Waals surface area contributed by atoms with Crippen molar-refractivity contribution in [1.29, 1.82) is 0 Å². The smallest absolute Gasteiger partial charge is 0.239 e. The average molecular weight is 259 g/mol. The summed E-state index contributed by atoms with van der Waals surface area (Å²) in [6.45, 7) is 1.43. The van der Waals surface area contributed by atoms with Gasteiger partial charge in [0.25, 0.3) is 0 Å². The van der Waals surface area contributed by atoms with Gasteiger partial charge in [0.05, 0.1) is 5.69 Å². The molecule has 0 spiro atoms. The van der Waals surface area contributed by atoms with Crippen molar-refractivity contribution >= 4 is 28.8 Å². The van der Waals surface area contributed by atoms with Gasteiger partial charge in [0.15, 0.2) is 11.6 Å². The fraction of sp³-hybridized carbons (Fsp3) is 0.200. The van der Waals surface area contributed by atoms with Gasteiger partial charge in [-0.25, -0.2) is 8.78 Å². The highest BCUT2D eigenvalue weighted by Crippen LogP contribution is 2.21. The number of hydrogen-bond donors (Lipinski definition) is 3. The molecule has 4 nitrogen and oxygen atoms in total. The molecule has 0 aliphatic carbocycles. The zero-order valence-electron chi connectivity index (χ0n) is 8.96. The number of anilines is 1. The Labute approximate surface area is 102 Å². The maximum Gasteiger partial charge on any atom is 0.239 e. The number of carbonyl (C=O) groups is 1. The molecular weight excluding hydrogens is 248 g/mol. The lowest BCUT2D eigenvalue weighted by Crippen LogP contribution is -2.33. The standard InChI is InChI=1S/C10H11F2N3OS/c1-4(9(13)16)15-6-3-2-5(10(14)17)7(11)8(6)12/h2-4,15H,1H3,(H2,13,16)(H2,14,17). The first kappa shape index (κ1) is 13.3. The first-order valence-corrected chi connectivity index (χ1v) is 5.09. The highest BCUT2D eigenvalue weighted by molar-refractivity contribution is 7.80. The maximum absolute atomic E-state index is 13.5. The molecule has 0 bridgehead atoms. The van der Waals surface area contributed by atoms with Gasteiger partial charge in [-0.15, -0.1) is 0 Å². The molecule has 1 aromatic carbocycles. The third kappa shape index (κ3) is 2.88. The van der Waals surface area contributed by atoms with Gasteiger partial charge in [-0.05, 0) is 19.1 Å². The van der Waals surface area contributed by atoms with Crippen LogP contribution in [0.5, 0.6) is 0 Å². The minimum atomic E-state index is -1.15. The van der Waals surface area contributed by atoms with E-state index < -0.39 is 23.6 Å². The molecular formula is C10H11F2N3OS. The maximum atomic E-state index is 13.5. The van der Waals surface area contributed by atoms with Crippen LogP contribution in [-0.2, 0) is 4.79 Å². The van der Waals surface area contributed by atoms with Gasteiger partial charge in [-0.3, -0.25) is 4.79 Å². The number of primary amides is 1. The lowest BCUT2D eigenvalue weighted by atomic mass is 10.1. The molecule has 92 valence electrons. The number of nitrogens with one attached hydrogen (secondary N) is 1. The normalized spacial score (nSPS) is 11.9. The van der Waals surface area contributed by atoms with Crippen molar-refractivity contribution in [1.82, 2.24) is 0 Å². The van der Waals surface area contributed by atoms with Crippen molar-refractivity contribution in [3.63, 3.8) is 0 Å². The van der Waals surface area contributed by atoms with Gasteiger partial charge in [0.1, 0.15) is 11.0 Å². The second-order valence-electron chi connectivity index (χ2n) is 3.42. The van der Waals surface area contributed by atoms with E-state index in [0.717, 1.165) is 0 Å². The van der Waals surface area contributed by atoms with Crippen molar-refractivity contribution in [3.8, 4) is 0 Å². The molecule has 17 heavy (non-hydrogen) atoms. The first-order chi connectivity index (χ1) is 7.84. The van der Waals surface area contributed by atoms with Crippen molar-refractivity contribution in [2.75, 3.05) is 5.32 Å². The molecule has 0 aliphatic rings. The molecule has 1 aromatic rings. The molecule has 5 N–H and O–H groups in total. The van der Waals surface area contributed by atoms with E-state index in [9.17, 15) is 13.6 Å². The van der Waals surface area contributed by atoms with E-state index in [1.807, 2.05) is 0 Å². The molecule has 0 aliphatic heterocycles. The summed E-state index contributed by atoms with van der Waals surface area (Å²) in [4.78, 5) is 10.5. The van der Waals surface area contributed by atoms with Gasteiger partial charge in [0, 0.05) is 5.56 Å². The summed E-state index contributed by atoms with van der Waals surface area (Å²) in [6.07, 6.45) is 0. The van der Waals surface area contributed by atoms with Crippen LogP contribution in [0, 0.1) is 11.6 Å². The van der Waals surface area contributed by atoms with Crippen LogP contribution in [0.1, 0.15) is 12.5 Å². The Balaban J connectivity index is 3.09. The largest absolute Gasteiger partial charge is 0.389 e. The van der Waals surface area contributed by atoms with Crippen LogP contribution < -0.4 is 16.8 Å². The molecule has 0 saturated heterocycles. The number of rotatable bonds is 4. The van der Waals surface area contributed by atoms with Crippen LogP contribution in [0.15, 0.2) is 12.1 Å². The van der Waals surface area contributed by atoms with Gasteiger partial charge < -0.3 is 16.8 Å². The van der Waals surface area contributed by atoms with Gasteiger partial charge >= 0.3 is 0 Å². The van der Waals surface area contributed by atoms with Crippen molar-refractivity contribution in [3.05, 3.63) is 29.3 Å². The highest BCUT2D eigenvalue weighted by Gasteiger charge is 2.17. The topological polar surface area (TPSA) is 81.1 Å². The first-order valence-electron chi connectivity index (χ1n) is 4.68. The Bertz CT molecular complexity index is 479. The molecule has 1 atom stereocenters. The minimum Gasteiger partial charge on any atom is -0.389 e. The fourth-order valence-electron chi connectivity index (χ4n) is 1.16. The Morgan fingerprint density at radius 2 is 1.94 bits per heavy atom. The molecule has 7 heteroatoms. The monoisotopic (exact) mass is 259 g/mol. The molecule has 0 fully saturated rings. The zero-order chi connectivity index (χ0) is 13.2. The van der Waals surface area contributed by atoms with Gasteiger partial charge in [-0.2, -0.15) is 0 Å². The summed E-state index contributed by atoms with van der Waals surface area (Å²) in [6, 6.07) is 1.66. The number of carbonyl (C=O) groups excluding carboxylic acids is 1. The van der Waals surface area contributed by atoms with Crippen LogP contribution in [0.4, 0.5) is 14.5 Å². The van der Waals surface area contributed by atoms with Gasteiger partial charge in [-0.1, -0.05) is 12.2 Å². The van der Waals surface area contributed by atoms with Crippen molar-refractivity contribution in [2.24, 2.45) is 11.5 Å². The second kappa shape index (κ2) is 5.05. The summed E-state index contributed by atoms with van der Waals surface area (Å²) in [7, 11) is 0. The predicted molar refractivity (Wildman–Crippen MR) is 64.5 cm³/mol. The third-order valence-electron chi connectivity index (χ3n) is 2.15. The summed E-state index contributed by atoms with van der Waals surface area (Å²) in [5, 5.41) is 2.44. The Kier molecular flexibility index (Phi) is 3.95. The fourth-order valence-corrected chi connectivity index (χ4v) is 1.31. The van der Waals surface area contributed by atoms with E-state index in [2.05, 4.69) is 17.5 Å². The second-order valence-corrected chi connectivity index (χ2v) is 3.86. The SMILES string of the molecule is CC(Nc1ccc(C(N)=S)c(F)c1F)C(N)=O. The molecule has 0 radical (unpaired) electrons. The van der Waals surface area contributed by atoms with Crippen LogP contribution in [0.2, 0.25) is 0 Å². The van der Waals surface area contributed by atoms with Crippen LogP contribution in [0.25, 0.3) is 0 Å². The van der Waals surface area contributed by atoms with Crippen LogP contribution in [-0.4, -0.2) is 16.9 Å². The molecule has 0 aromatic heterocycles. The summed E-state index contributed by atoms with van der Waals surface area (Å²) in [5.74, 6) is -2.98. The van der Waals surface area contributed by atoms with E-state index in [-0.39, 0.29) is 16.2 Å². The minimum absolute atomic E-state index is 0.172. The summed E-state index contributed by atoms with van der Waals surface area (Å²) >= 11 is 4.56. The van der Waals surface area contributed by atoms with Crippen molar-refractivity contribution in [2.45, 2.75) is 13.0 Å². The molecule has 1 amide bonds. The quantitative estimate of drug-likeness (QED) is 0.701. The molecule has 0 saturated carbocycles. The molecule has 1 rings (SSSR count). The third-order valence-corrected chi connectivity index (χ3v) is 2.37. The number of thiocarbonyl (C=S) groups is 1. The van der Waals surface area contributed by atoms with Gasteiger partial charge in [0.2, 0.25) is 5.91 Å². The highest BCUT2D eigenvalue weighted by atomic mass is 32.1. The molecule has 0 heterocycles. The van der Waals surface area contributed by atoms with E-state index in [1.54, 1.807) is 0 Å². The van der Waals surface area contributed by atoms with E-state index in [4.69, 9.17) is 11.5 Å². The molecule has 1 unspecified atom stereocenters. The van der Waals surface area contributed by atoms with Crippen LogP contribution in [0.3, 0.4) is 0 Å². The van der Waals surface area contributed by atoms with E-state index in [0.29, 0.717) is 0 Å². The van der Waals surface area contributed by atoms with E-state index in [1.165, 1.54) is 19.1 Å². The Morgan fingerprint density at radius 3 is 2.41 bits per heavy atom. The lowest BCUT2D eigenvalue weighted by molar-refractivity contribution is -0.118.